The van der Waals surface area contributed by atoms with E-state index in [4.69, 9.17) is 6.15 Å². The number of ether oxygens (including phenoxy) is 1. The number of halogens is 2. The third kappa shape index (κ3) is 8.77. The summed E-state index contributed by atoms with van der Waals surface area (Å²) in [5, 5.41) is 11.7. The lowest BCUT2D eigenvalue weighted by atomic mass is 9.92. The highest BCUT2D eigenvalue weighted by atomic mass is 32.2. The molecule has 3 aromatic carbocycles. The molecule has 0 aromatic heterocycles. The molecular weight excluding hydrogens is 644 g/mol. The molecule has 1 fully saturated rings. The van der Waals surface area contributed by atoms with Gasteiger partial charge in [0.1, 0.15) is 34.7 Å². The Hall–Kier alpha value is -4.78. The van der Waals surface area contributed by atoms with E-state index in [0.29, 0.717) is 22.1 Å². The van der Waals surface area contributed by atoms with E-state index in [0.717, 1.165) is 11.8 Å². The van der Waals surface area contributed by atoms with Gasteiger partial charge < -0.3 is 25.4 Å². The fourth-order valence-corrected chi connectivity index (χ4v) is 6.30. The summed E-state index contributed by atoms with van der Waals surface area (Å²) in [4.78, 5) is 64.9. The lowest BCUT2D eigenvalue weighted by Crippen LogP contribution is -2.57. The van der Waals surface area contributed by atoms with Gasteiger partial charge in [-0.1, -0.05) is 39.8 Å². The monoisotopic (exact) mass is 682 g/mol. The number of benzene rings is 3. The van der Waals surface area contributed by atoms with Gasteiger partial charge in [0.2, 0.25) is 11.8 Å². The molecule has 48 heavy (non-hydrogen) atoms. The zero-order valence-electron chi connectivity index (χ0n) is 27.8. The molecule has 4 rings (SSSR count). The quantitative estimate of drug-likeness (QED) is 0.154. The summed E-state index contributed by atoms with van der Waals surface area (Å²) in [6.07, 6.45) is 0. The number of carboxylic acid groups (broad SMARTS) is 1. The van der Waals surface area contributed by atoms with Gasteiger partial charge in [-0.25, -0.2) is 13.6 Å². The zero-order chi connectivity index (χ0) is 36.0. The number of thioether (sulfide) groups is 1. The van der Waals surface area contributed by atoms with Crippen molar-refractivity contribution in [2.24, 2.45) is 11.8 Å². The number of Topliss-reactive ketones (excluding diaryl/α,β-unsaturated/α-hetero) is 1. The van der Waals surface area contributed by atoms with Crippen molar-refractivity contribution in [2.75, 3.05) is 17.3 Å². The van der Waals surface area contributed by atoms with E-state index < -0.39 is 71.2 Å². The molecule has 1 aliphatic rings. The number of amides is 3. The third-order valence-electron chi connectivity index (χ3n) is 7.71. The topological polar surface area (TPSA) is 142 Å². The molecule has 13 heteroatoms. The molecule has 0 bridgehead atoms. The number of aliphatic carboxylic acids is 1. The lowest BCUT2D eigenvalue weighted by Gasteiger charge is -2.47. The first-order chi connectivity index (χ1) is 23.2. The fourth-order valence-electron chi connectivity index (χ4n) is 5.08. The molecule has 0 unspecified atom stereocenters. The van der Waals surface area contributed by atoms with E-state index in [9.17, 15) is 37.9 Å². The summed E-state index contributed by atoms with van der Waals surface area (Å²) in [5.41, 5.74) is 1.45. The van der Waals surface area contributed by atoms with Crippen molar-refractivity contribution < 1.29 is 44.0 Å². The number of rotatable bonds is 15. The highest BCUT2D eigenvalue weighted by Gasteiger charge is 2.49. The van der Waals surface area contributed by atoms with Crippen LogP contribution in [0.2, 0.25) is 1.41 Å². The first kappa shape index (κ1) is 34.6. The van der Waals surface area contributed by atoms with Gasteiger partial charge in [-0.2, -0.15) is 0 Å². The van der Waals surface area contributed by atoms with Gasteiger partial charge in [0, 0.05) is 11.3 Å². The molecule has 0 radical (unpaired) electrons. The van der Waals surface area contributed by atoms with Crippen LogP contribution in [0.3, 0.4) is 0 Å². The fraction of sp³-hybridized carbons (Fsp3) is 0.343. The second-order valence-corrected chi connectivity index (χ2v) is 13.1. The van der Waals surface area contributed by atoms with Crippen LogP contribution in [0, 0.1) is 23.5 Å². The van der Waals surface area contributed by atoms with E-state index in [-0.39, 0.29) is 23.2 Å². The van der Waals surface area contributed by atoms with E-state index in [1.807, 2.05) is 0 Å². The van der Waals surface area contributed by atoms with Gasteiger partial charge in [0.25, 0.3) is 5.91 Å². The lowest BCUT2D eigenvalue weighted by molar-refractivity contribution is -0.143. The van der Waals surface area contributed by atoms with Crippen LogP contribution in [0.4, 0.5) is 14.5 Å². The van der Waals surface area contributed by atoms with E-state index in [1.54, 1.807) is 52.0 Å². The Morgan fingerprint density at radius 1 is 0.896 bits per heavy atom. The molecule has 0 spiro atoms. The van der Waals surface area contributed by atoms with Crippen molar-refractivity contribution in [1.29, 1.82) is 0 Å². The van der Waals surface area contributed by atoms with Crippen LogP contribution in [-0.4, -0.2) is 64.3 Å². The minimum absolute atomic E-state index is 0.0352. The Morgan fingerprint density at radius 2 is 1.46 bits per heavy atom. The molecule has 3 amide bonds. The molecule has 10 nitrogen and oxygen atoms in total. The van der Waals surface area contributed by atoms with E-state index >= 15 is 0 Å². The number of anilines is 1. The maximum Gasteiger partial charge on any atom is 0.326 e. The second-order valence-electron chi connectivity index (χ2n) is 11.9. The number of hydrogen-bond donors (Lipinski definition) is 3. The molecule has 1 saturated heterocycles. The summed E-state index contributed by atoms with van der Waals surface area (Å²) in [6.45, 7) is 5.94. The molecule has 1 heterocycles. The highest BCUT2D eigenvalue weighted by Crippen LogP contribution is 2.45. The molecule has 1 aliphatic heterocycles. The third-order valence-corrected chi connectivity index (χ3v) is 8.96. The van der Waals surface area contributed by atoms with Gasteiger partial charge >= 0.3 is 5.97 Å². The van der Waals surface area contributed by atoms with Crippen molar-refractivity contribution >= 4 is 46.9 Å². The Labute approximate surface area is 282 Å². The predicted molar refractivity (Wildman–Crippen MR) is 177 cm³/mol. The number of nitrogens with one attached hydrogen (secondary N) is 2. The average Bonchev–Trinajstić information content (AvgIpc) is 3.05. The number of carboxylic acids is 1. The predicted octanol–water partition coefficient (Wildman–Crippen LogP) is 4.78. The minimum atomic E-state index is -1.27. The van der Waals surface area contributed by atoms with Gasteiger partial charge in [0.05, 0.1) is 11.8 Å². The van der Waals surface area contributed by atoms with Crippen molar-refractivity contribution in [3.8, 4) is 5.75 Å². The number of carbonyl (C=O) groups is 5. The smallest absolute Gasteiger partial charge is 0.326 e. The molecular formula is C35H37F2N3O7S. The second kappa shape index (κ2) is 15.9. The van der Waals surface area contributed by atoms with Crippen molar-refractivity contribution in [3.63, 3.8) is 0 Å². The van der Waals surface area contributed by atoms with E-state index in [1.165, 1.54) is 53.4 Å². The Balaban J connectivity index is 1.45. The normalized spacial score (nSPS) is 17.3. The van der Waals surface area contributed by atoms with Crippen molar-refractivity contribution in [3.05, 3.63) is 95.6 Å². The molecule has 0 aliphatic carbocycles. The summed E-state index contributed by atoms with van der Waals surface area (Å²) in [5.74, 6) is -5.01. The van der Waals surface area contributed by atoms with Crippen LogP contribution in [0.15, 0.2) is 72.8 Å². The number of carbonyl (C=O) groups excluding carboxylic acids is 4. The van der Waals surface area contributed by atoms with Gasteiger partial charge in [-0.15, -0.1) is 11.8 Å². The molecule has 254 valence electrons. The van der Waals surface area contributed by atoms with Gasteiger partial charge in [-0.3, -0.25) is 19.2 Å². The van der Waals surface area contributed by atoms with Gasteiger partial charge in [0.15, 0.2) is 13.8 Å². The average molecular weight is 683 g/mol. The van der Waals surface area contributed by atoms with E-state index in [2.05, 4.69) is 5.32 Å². The van der Waals surface area contributed by atoms with Crippen LogP contribution in [0.25, 0.3) is 0 Å². The number of hydrogen-bond acceptors (Lipinski definition) is 7. The Bertz CT molecular complexity index is 1670. The zero-order valence-corrected chi connectivity index (χ0v) is 27.6. The SMILES string of the molecule is [2H]N(C(=O)COc1ccc([C@@H]2[C@@H](SCC(=O)c3ccc(F)cc3)C(=O)N2c2ccc(F)cc2)cc1)[C@@H](C(=O)N[C@H](C(=O)O)C(C)C)C(C)C. The first-order valence-corrected chi connectivity index (χ1v) is 16.3. The largest absolute Gasteiger partial charge is 0.484 e. The number of nitrogens with zero attached hydrogens (tertiary/aromatic N) is 1. The summed E-state index contributed by atoms with van der Waals surface area (Å²) in [6, 6.07) is 14.1. The maximum absolute atomic E-state index is 13.7. The molecule has 4 atom stereocenters. The minimum Gasteiger partial charge on any atom is -0.484 e. The van der Waals surface area contributed by atoms with Crippen LogP contribution in [0.1, 0.15) is 49.7 Å². The standard InChI is InChI=1S/C35H37F2N3O7S/c1-19(2)29(33(43)39-30(20(3)4)35(45)46)38-28(42)17-47-26-15-7-22(8-16-26)31-32(34(44)40(31)25-13-11-24(37)12-14-25)48-18-27(41)21-5-9-23(36)10-6-21/h5-16,19-20,29-32H,17-18H2,1-4H3,(H,38,42)(H,39,43)(H,45,46)/t29-,30+,31-,32-/m1/s1/i/hD. The van der Waals surface area contributed by atoms with Crippen LogP contribution >= 0.6 is 11.8 Å². The van der Waals surface area contributed by atoms with Crippen molar-refractivity contribution in [1.82, 2.24) is 10.6 Å². The van der Waals surface area contributed by atoms with Crippen LogP contribution < -0.4 is 20.3 Å². The molecule has 3 N–H and O–H groups in total. The Kier molecular flexibility index (Phi) is 11.4. The molecule has 0 saturated carbocycles. The summed E-state index contributed by atoms with van der Waals surface area (Å²) in [7, 11) is 0. The van der Waals surface area contributed by atoms with Crippen molar-refractivity contribution in [2.45, 2.75) is 51.1 Å². The van der Waals surface area contributed by atoms with Gasteiger partial charge in [-0.05, 0) is 78.1 Å². The first-order valence-electron chi connectivity index (χ1n) is 15.7. The number of ketones is 1. The highest BCUT2D eigenvalue weighted by molar-refractivity contribution is 8.01. The molecule has 3 aromatic rings. The maximum atomic E-state index is 13.7. The number of β-lactam (4-membered cyclic amide) rings is 1. The Morgan fingerprint density at radius 3 is 2.00 bits per heavy atom. The van der Waals surface area contributed by atoms with Crippen LogP contribution in [0.5, 0.6) is 5.75 Å². The summed E-state index contributed by atoms with van der Waals surface area (Å²) >= 11 is 1.14. The van der Waals surface area contributed by atoms with Crippen LogP contribution in [-0.2, 0) is 19.2 Å². The summed E-state index contributed by atoms with van der Waals surface area (Å²) < 4.78 is 40.9.